The molecule has 6 unspecified atom stereocenters. The fourth-order valence-corrected chi connectivity index (χ4v) is 9.85. The van der Waals surface area contributed by atoms with E-state index in [-0.39, 0.29) is 36.2 Å². The molecule has 13 heteroatoms. The number of ether oxygens (including phenoxy) is 3. The maximum Gasteiger partial charge on any atom is 0.407 e. The number of fused-ring (bicyclic) bond motifs is 2. The molecule has 2 aromatic carbocycles. The number of aliphatic hydroxyl groups is 1. The lowest BCUT2D eigenvalue weighted by Gasteiger charge is -2.42. The highest BCUT2D eigenvalue weighted by Crippen LogP contribution is 2.45. The van der Waals surface area contributed by atoms with E-state index >= 15 is 8.42 Å². The number of H-pyrrole nitrogens is 1. The Morgan fingerprint density at radius 1 is 1.20 bits per heavy atom. The van der Waals surface area contributed by atoms with Crippen LogP contribution < -0.4 is 11.1 Å². The van der Waals surface area contributed by atoms with Crippen molar-refractivity contribution in [1.82, 2.24) is 15.3 Å². The minimum absolute atomic E-state index is 0.0179. The molecule has 4 heterocycles. The maximum atomic E-state index is 15.0. The lowest BCUT2D eigenvalue weighted by molar-refractivity contribution is -0.0907. The third kappa shape index (κ3) is 6.07. The molecule has 45 heavy (non-hydrogen) atoms. The van der Waals surface area contributed by atoms with Crippen LogP contribution in [0.1, 0.15) is 37.9 Å². The van der Waals surface area contributed by atoms with Crippen LogP contribution in [0.25, 0.3) is 10.2 Å². The van der Waals surface area contributed by atoms with E-state index in [1.54, 1.807) is 30.5 Å². The lowest BCUT2D eigenvalue weighted by atomic mass is 9.83. The summed E-state index contributed by atoms with van der Waals surface area (Å²) in [5, 5.41) is 15.7. The summed E-state index contributed by atoms with van der Waals surface area (Å²) in [7, 11) is -4.34. The summed E-state index contributed by atoms with van der Waals surface area (Å²) < 4.78 is 45.8. The number of nitrogens with one attached hydrogen (secondary N) is 2. The summed E-state index contributed by atoms with van der Waals surface area (Å²) >= 11 is 1.19. The third-order valence-electron chi connectivity index (χ3n) is 8.64. The number of aromatic nitrogens is 2. The Kier molecular flexibility index (Phi) is 8.90. The van der Waals surface area contributed by atoms with Crippen molar-refractivity contribution < 1.29 is 32.5 Å². The number of alkyl carbamates (subject to hydrolysis) is 1. The zero-order chi connectivity index (χ0) is 31.8. The molecule has 2 fully saturated rings. The molecule has 2 aromatic heterocycles. The number of carbonyl (C=O) groups is 1. The number of aromatic amines is 1. The fraction of sp³-hybridized carbons (Fsp3) is 0.438. The largest absolute Gasteiger partial charge is 0.443 e. The normalized spacial score (nSPS) is 22.6. The second-order valence-corrected chi connectivity index (χ2v) is 15.4. The molecule has 0 bridgehead atoms. The van der Waals surface area contributed by atoms with Gasteiger partial charge in [-0.2, -0.15) is 0 Å². The number of sulfone groups is 1. The van der Waals surface area contributed by atoms with Crippen molar-refractivity contribution in [3.8, 4) is 0 Å². The number of carbonyl (C=O) groups excluding carboxylic acids is 1. The van der Waals surface area contributed by atoms with Gasteiger partial charge in [-0.15, -0.1) is 0 Å². The van der Waals surface area contributed by atoms with Crippen LogP contribution in [0.3, 0.4) is 0 Å². The summed E-state index contributed by atoms with van der Waals surface area (Å²) in [4.78, 5) is 20.9. The Hall–Kier alpha value is -3.49. The number of hydrogen-bond donors (Lipinski definition) is 4. The van der Waals surface area contributed by atoms with Crippen molar-refractivity contribution in [1.29, 1.82) is 0 Å². The predicted octanol–water partition coefficient (Wildman–Crippen LogP) is 4.38. The van der Waals surface area contributed by atoms with E-state index in [0.717, 1.165) is 5.56 Å². The summed E-state index contributed by atoms with van der Waals surface area (Å²) in [5.41, 5.74) is 7.63. The Morgan fingerprint density at radius 2 is 2.00 bits per heavy atom. The summed E-state index contributed by atoms with van der Waals surface area (Å²) in [5.74, 6) is -0.247. The van der Waals surface area contributed by atoms with Crippen LogP contribution >= 0.6 is 11.3 Å². The molecule has 240 valence electrons. The summed E-state index contributed by atoms with van der Waals surface area (Å²) in [6, 6.07) is 16.3. The van der Waals surface area contributed by atoms with Gasteiger partial charge < -0.3 is 35.4 Å². The minimum Gasteiger partial charge on any atom is -0.443 e. The van der Waals surface area contributed by atoms with Crippen LogP contribution in [0, 0.1) is 11.8 Å². The minimum atomic E-state index is -4.34. The van der Waals surface area contributed by atoms with Gasteiger partial charge >= 0.3 is 6.09 Å². The Morgan fingerprint density at radius 3 is 2.73 bits per heavy atom. The molecular weight excluding hydrogens is 617 g/mol. The van der Waals surface area contributed by atoms with Gasteiger partial charge in [0.05, 0.1) is 40.3 Å². The van der Waals surface area contributed by atoms with Crippen molar-refractivity contribution in [3.63, 3.8) is 0 Å². The van der Waals surface area contributed by atoms with Crippen molar-refractivity contribution in [2.24, 2.45) is 11.8 Å². The SMILES string of the molecule is CC(C)CC(c1ccc[nH]1)(C(O)C(Cc1ccccc1)NC(=O)OC1COC2OCCC12)S(=O)(=O)c1ccc2nc(N)sc2c1. The van der Waals surface area contributed by atoms with Gasteiger partial charge in [0.15, 0.2) is 21.3 Å². The number of aliphatic hydroxyl groups excluding tert-OH is 1. The molecule has 2 aliphatic rings. The highest BCUT2D eigenvalue weighted by molar-refractivity contribution is 7.92. The average Bonchev–Trinajstić information content (AvgIpc) is 3.81. The van der Waals surface area contributed by atoms with Gasteiger partial charge in [0, 0.05) is 11.9 Å². The van der Waals surface area contributed by atoms with E-state index in [9.17, 15) is 9.90 Å². The standard InChI is InChI=1S/C32H38N4O7S2/c1-19(2)17-32(27-9-6-13-34-27,45(39,40)21-10-11-23-26(16-21)44-30(33)35-23)28(37)24(15-20-7-4-3-5-8-20)36-31(38)43-25-18-42-29-22(25)12-14-41-29/h3-11,13,16,19,22,24-25,28-29,34,37H,12,14-15,17-18H2,1-2H3,(H2,33,35)(H,36,38). The van der Waals surface area contributed by atoms with Crippen molar-refractivity contribution in [2.45, 2.75) is 67.3 Å². The van der Waals surface area contributed by atoms with E-state index in [4.69, 9.17) is 19.9 Å². The molecule has 0 radical (unpaired) electrons. The summed E-state index contributed by atoms with van der Waals surface area (Å²) in [6.07, 6.45) is -0.756. The second-order valence-electron chi connectivity index (χ2n) is 12.1. The molecule has 2 saturated heterocycles. The number of hydrogen-bond acceptors (Lipinski definition) is 10. The van der Waals surface area contributed by atoms with Crippen LogP contribution in [0.15, 0.2) is 71.8 Å². The number of thiazole rings is 1. The molecular formula is C32H38N4O7S2. The third-order valence-corrected chi connectivity index (χ3v) is 11.9. The zero-order valence-electron chi connectivity index (χ0n) is 25.1. The monoisotopic (exact) mass is 654 g/mol. The van der Waals surface area contributed by atoms with Gasteiger partial charge in [0.2, 0.25) is 0 Å². The molecule has 6 rings (SSSR count). The zero-order valence-corrected chi connectivity index (χ0v) is 26.7. The van der Waals surface area contributed by atoms with E-state index < -0.39 is 45.2 Å². The second kappa shape index (κ2) is 12.7. The van der Waals surface area contributed by atoms with Crippen LogP contribution in [0.2, 0.25) is 0 Å². The summed E-state index contributed by atoms with van der Waals surface area (Å²) in [6.45, 7) is 4.54. The Balaban J connectivity index is 1.42. The van der Waals surface area contributed by atoms with Gasteiger partial charge in [0.1, 0.15) is 17.0 Å². The molecule has 0 saturated carbocycles. The maximum absolute atomic E-state index is 15.0. The van der Waals surface area contributed by atoms with Crippen molar-refractivity contribution >= 4 is 42.6 Å². The van der Waals surface area contributed by atoms with Gasteiger partial charge in [-0.1, -0.05) is 55.5 Å². The number of anilines is 1. The number of rotatable bonds is 11. The molecule has 6 atom stereocenters. The molecule has 0 spiro atoms. The average molecular weight is 655 g/mol. The van der Waals surface area contributed by atoms with E-state index in [1.165, 1.54) is 17.4 Å². The van der Waals surface area contributed by atoms with Crippen LogP contribution in [0.5, 0.6) is 0 Å². The molecule has 0 aliphatic carbocycles. The first kappa shape index (κ1) is 31.5. The first-order valence-corrected chi connectivity index (χ1v) is 17.4. The molecule has 1 amide bonds. The van der Waals surface area contributed by atoms with Gasteiger partial charge in [-0.25, -0.2) is 18.2 Å². The molecule has 11 nitrogen and oxygen atoms in total. The van der Waals surface area contributed by atoms with Gasteiger partial charge in [-0.3, -0.25) is 0 Å². The predicted molar refractivity (Wildman–Crippen MR) is 170 cm³/mol. The highest BCUT2D eigenvalue weighted by Gasteiger charge is 2.56. The van der Waals surface area contributed by atoms with Gasteiger partial charge in [-0.05, 0) is 61.1 Å². The molecule has 5 N–H and O–H groups in total. The Bertz CT molecular complexity index is 1730. The van der Waals surface area contributed by atoms with Crippen LogP contribution in [-0.2, 0) is 35.2 Å². The first-order valence-electron chi connectivity index (χ1n) is 15.1. The van der Waals surface area contributed by atoms with E-state index in [1.807, 2.05) is 44.2 Å². The molecule has 4 aromatic rings. The van der Waals surface area contributed by atoms with Crippen molar-refractivity contribution in [3.05, 3.63) is 78.1 Å². The van der Waals surface area contributed by atoms with E-state index in [2.05, 4.69) is 15.3 Å². The Labute approximate surface area is 266 Å². The number of benzene rings is 2. The van der Waals surface area contributed by atoms with E-state index in [0.29, 0.717) is 34.1 Å². The van der Waals surface area contributed by atoms with Crippen LogP contribution in [0.4, 0.5) is 9.93 Å². The van der Waals surface area contributed by atoms with Crippen LogP contribution in [-0.4, -0.2) is 67.3 Å². The topological polar surface area (TPSA) is 166 Å². The fourth-order valence-electron chi connectivity index (χ4n) is 6.61. The highest BCUT2D eigenvalue weighted by atomic mass is 32.2. The number of nitrogens with zero attached hydrogens (tertiary/aromatic N) is 1. The number of nitrogen functional groups attached to an aromatic ring is 1. The lowest BCUT2D eigenvalue weighted by Crippen LogP contribution is -2.58. The first-order chi connectivity index (χ1) is 21.6. The van der Waals surface area contributed by atoms with Crippen molar-refractivity contribution in [2.75, 3.05) is 18.9 Å². The van der Waals surface area contributed by atoms with Gasteiger partial charge in [0.25, 0.3) is 0 Å². The number of nitrogens with two attached hydrogens (primary N) is 1. The quantitative estimate of drug-likeness (QED) is 0.184. The molecule has 2 aliphatic heterocycles. The number of amides is 1. The smallest absolute Gasteiger partial charge is 0.407 e.